The number of amides is 1. The molecule has 3 rings (SSSR count). The van der Waals surface area contributed by atoms with Gasteiger partial charge in [-0.1, -0.05) is 12.1 Å². The summed E-state index contributed by atoms with van der Waals surface area (Å²) in [6.45, 7) is 5.01. The summed E-state index contributed by atoms with van der Waals surface area (Å²) < 4.78 is 5.13. The van der Waals surface area contributed by atoms with Crippen LogP contribution in [0.4, 0.5) is 11.4 Å². The van der Waals surface area contributed by atoms with Gasteiger partial charge in [-0.15, -0.1) is 0 Å². The summed E-state index contributed by atoms with van der Waals surface area (Å²) >= 11 is 0. The van der Waals surface area contributed by atoms with Crippen LogP contribution in [-0.4, -0.2) is 55.2 Å². The molecule has 138 valence electrons. The number of phenols is 1. The Bertz CT molecular complexity index is 740. The van der Waals surface area contributed by atoms with E-state index in [0.29, 0.717) is 5.75 Å². The van der Waals surface area contributed by atoms with Gasteiger partial charge in [0.2, 0.25) is 5.91 Å². The Morgan fingerprint density at radius 1 is 1.08 bits per heavy atom. The quantitative estimate of drug-likeness (QED) is 0.863. The lowest BCUT2D eigenvalue weighted by molar-refractivity contribution is -0.120. The molecule has 0 aliphatic carbocycles. The minimum absolute atomic E-state index is 0.0221. The first-order chi connectivity index (χ1) is 12.6. The molecule has 1 aliphatic rings. The number of rotatable bonds is 5. The van der Waals surface area contributed by atoms with Crippen molar-refractivity contribution in [1.82, 2.24) is 4.90 Å². The zero-order valence-electron chi connectivity index (χ0n) is 15.2. The maximum Gasteiger partial charge on any atom is 0.241 e. The summed E-state index contributed by atoms with van der Waals surface area (Å²) in [5.41, 5.74) is 1.61. The van der Waals surface area contributed by atoms with Crippen LogP contribution in [0.5, 0.6) is 11.5 Å². The summed E-state index contributed by atoms with van der Waals surface area (Å²) in [4.78, 5) is 16.8. The Kier molecular flexibility index (Phi) is 5.63. The lowest BCUT2D eigenvalue weighted by Gasteiger charge is -2.38. The standard InChI is InChI=1S/C20H25N3O3/c1-15(20(25)21-16-7-9-17(26-2)10-8-16)22-11-13-23(14-12-22)18-5-3-4-6-19(18)24/h3-10,15,24H,11-14H2,1-2H3,(H,21,25)/t15-/m0/s1. The molecule has 6 heteroatoms. The molecule has 0 bridgehead atoms. The van der Waals surface area contributed by atoms with Gasteiger partial charge in [-0.25, -0.2) is 0 Å². The molecule has 2 aromatic rings. The first-order valence-electron chi connectivity index (χ1n) is 8.80. The summed E-state index contributed by atoms with van der Waals surface area (Å²) in [5.74, 6) is 1.04. The van der Waals surface area contributed by atoms with Gasteiger partial charge in [-0.2, -0.15) is 0 Å². The van der Waals surface area contributed by atoms with Crippen molar-refractivity contribution in [3.8, 4) is 11.5 Å². The largest absolute Gasteiger partial charge is 0.506 e. The third-order valence-corrected chi connectivity index (χ3v) is 4.82. The highest BCUT2D eigenvalue weighted by atomic mass is 16.5. The van der Waals surface area contributed by atoms with E-state index >= 15 is 0 Å². The molecule has 0 aromatic heterocycles. The number of nitrogens with zero attached hydrogens (tertiary/aromatic N) is 2. The van der Waals surface area contributed by atoms with Crippen molar-refractivity contribution < 1.29 is 14.6 Å². The first kappa shape index (κ1) is 18.1. The fourth-order valence-electron chi connectivity index (χ4n) is 3.17. The minimum atomic E-state index is -0.219. The van der Waals surface area contributed by atoms with Gasteiger partial charge in [0, 0.05) is 31.9 Å². The van der Waals surface area contributed by atoms with E-state index in [2.05, 4.69) is 15.1 Å². The second-order valence-corrected chi connectivity index (χ2v) is 6.41. The van der Waals surface area contributed by atoms with Crippen LogP contribution in [0.1, 0.15) is 6.92 Å². The van der Waals surface area contributed by atoms with E-state index in [1.54, 1.807) is 13.2 Å². The second kappa shape index (κ2) is 8.10. The van der Waals surface area contributed by atoms with Gasteiger partial charge in [0.05, 0.1) is 18.8 Å². The van der Waals surface area contributed by atoms with Gasteiger partial charge >= 0.3 is 0 Å². The Morgan fingerprint density at radius 2 is 1.73 bits per heavy atom. The van der Waals surface area contributed by atoms with E-state index in [0.717, 1.165) is 43.3 Å². The van der Waals surface area contributed by atoms with Crippen molar-refractivity contribution >= 4 is 17.3 Å². The predicted molar refractivity (Wildman–Crippen MR) is 103 cm³/mol. The topological polar surface area (TPSA) is 65.0 Å². The number of benzene rings is 2. The van der Waals surface area contributed by atoms with Gasteiger partial charge in [0.25, 0.3) is 0 Å². The van der Waals surface area contributed by atoms with E-state index in [1.807, 2.05) is 49.4 Å². The van der Waals surface area contributed by atoms with Crippen LogP contribution in [0, 0.1) is 0 Å². The Hall–Kier alpha value is -2.73. The number of para-hydroxylation sites is 2. The number of methoxy groups -OCH3 is 1. The lowest BCUT2D eigenvalue weighted by atomic mass is 10.2. The molecule has 1 heterocycles. The molecule has 0 saturated carbocycles. The zero-order valence-corrected chi connectivity index (χ0v) is 15.2. The number of carbonyl (C=O) groups excluding carboxylic acids is 1. The Morgan fingerprint density at radius 3 is 2.35 bits per heavy atom. The number of hydrogen-bond donors (Lipinski definition) is 2. The molecule has 1 aliphatic heterocycles. The monoisotopic (exact) mass is 355 g/mol. The molecule has 2 aromatic carbocycles. The fourth-order valence-corrected chi connectivity index (χ4v) is 3.17. The number of phenolic OH excluding ortho intramolecular Hbond substituents is 1. The highest BCUT2D eigenvalue weighted by molar-refractivity contribution is 5.94. The third-order valence-electron chi connectivity index (χ3n) is 4.82. The van der Waals surface area contributed by atoms with Gasteiger partial charge in [0.15, 0.2) is 0 Å². The number of hydrogen-bond acceptors (Lipinski definition) is 5. The van der Waals surface area contributed by atoms with E-state index in [1.165, 1.54) is 0 Å². The number of aromatic hydroxyl groups is 1. The molecule has 6 nitrogen and oxygen atoms in total. The molecule has 26 heavy (non-hydrogen) atoms. The molecule has 1 fully saturated rings. The smallest absolute Gasteiger partial charge is 0.241 e. The van der Waals surface area contributed by atoms with Crippen LogP contribution in [0.25, 0.3) is 0 Å². The van der Waals surface area contributed by atoms with Crippen molar-refractivity contribution in [2.75, 3.05) is 43.5 Å². The highest BCUT2D eigenvalue weighted by Gasteiger charge is 2.26. The molecule has 1 amide bonds. The summed E-state index contributed by atoms with van der Waals surface area (Å²) in [6.07, 6.45) is 0. The van der Waals surface area contributed by atoms with Crippen LogP contribution in [-0.2, 0) is 4.79 Å². The minimum Gasteiger partial charge on any atom is -0.506 e. The van der Waals surface area contributed by atoms with Gasteiger partial charge < -0.3 is 20.1 Å². The SMILES string of the molecule is COc1ccc(NC(=O)[C@H](C)N2CCN(c3ccccc3O)CC2)cc1. The van der Waals surface area contributed by atoms with Crippen LogP contribution in [0.2, 0.25) is 0 Å². The molecule has 1 saturated heterocycles. The van der Waals surface area contributed by atoms with Crippen LogP contribution in [0.15, 0.2) is 48.5 Å². The van der Waals surface area contributed by atoms with E-state index in [9.17, 15) is 9.90 Å². The maximum absolute atomic E-state index is 12.5. The van der Waals surface area contributed by atoms with E-state index in [-0.39, 0.29) is 11.9 Å². The molecule has 0 spiro atoms. The average molecular weight is 355 g/mol. The van der Waals surface area contributed by atoms with E-state index < -0.39 is 0 Å². The average Bonchev–Trinajstić information content (AvgIpc) is 2.68. The molecule has 1 atom stereocenters. The lowest BCUT2D eigenvalue weighted by Crippen LogP contribution is -2.52. The van der Waals surface area contributed by atoms with Gasteiger partial charge in [0.1, 0.15) is 11.5 Å². The van der Waals surface area contributed by atoms with Crippen molar-refractivity contribution in [2.45, 2.75) is 13.0 Å². The van der Waals surface area contributed by atoms with Gasteiger partial charge in [-0.3, -0.25) is 9.69 Å². The summed E-state index contributed by atoms with van der Waals surface area (Å²) in [7, 11) is 1.62. The van der Waals surface area contributed by atoms with Crippen LogP contribution >= 0.6 is 0 Å². The van der Waals surface area contributed by atoms with Gasteiger partial charge in [-0.05, 0) is 43.3 Å². The predicted octanol–water partition coefficient (Wildman–Crippen LogP) is 2.55. The first-order valence-corrected chi connectivity index (χ1v) is 8.80. The number of carbonyl (C=O) groups is 1. The normalized spacial score (nSPS) is 16.2. The van der Waals surface area contributed by atoms with Crippen LogP contribution < -0.4 is 15.0 Å². The van der Waals surface area contributed by atoms with Crippen molar-refractivity contribution in [1.29, 1.82) is 0 Å². The van der Waals surface area contributed by atoms with Crippen molar-refractivity contribution in [3.63, 3.8) is 0 Å². The van der Waals surface area contributed by atoms with Crippen molar-refractivity contribution in [2.24, 2.45) is 0 Å². The molecule has 2 N–H and O–H groups in total. The molecule has 0 unspecified atom stereocenters. The molecular weight excluding hydrogens is 330 g/mol. The maximum atomic E-state index is 12.5. The summed E-state index contributed by atoms with van der Waals surface area (Å²) in [6, 6.07) is 14.5. The second-order valence-electron chi connectivity index (χ2n) is 6.41. The number of piperazine rings is 1. The zero-order chi connectivity index (χ0) is 18.5. The number of anilines is 2. The molecule has 0 radical (unpaired) electrons. The molecular formula is C20H25N3O3. The Balaban J connectivity index is 1.54. The number of nitrogens with one attached hydrogen (secondary N) is 1. The summed E-state index contributed by atoms with van der Waals surface area (Å²) in [5, 5.41) is 13.0. The van der Waals surface area contributed by atoms with Crippen LogP contribution in [0.3, 0.4) is 0 Å². The van der Waals surface area contributed by atoms with Crippen molar-refractivity contribution in [3.05, 3.63) is 48.5 Å². The Labute approximate surface area is 154 Å². The third kappa shape index (κ3) is 4.08. The highest BCUT2D eigenvalue weighted by Crippen LogP contribution is 2.27. The number of ether oxygens (including phenoxy) is 1. The van der Waals surface area contributed by atoms with E-state index in [4.69, 9.17) is 4.74 Å². The fraction of sp³-hybridized carbons (Fsp3) is 0.350.